The molecule has 8 heteroatoms. The fourth-order valence-corrected chi connectivity index (χ4v) is 3.37. The lowest BCUT2D eigenvalue weighted by atomic mass is 10.1. The lowest BCUT2D eigenvalue weighted by molar-refractivity contribution is -0.131. The van der Waals surface area contributed by atoms with Gasteiger partial charge in [-0.1, -0.05) is 56.3 Å². The Morgan fingerprint density at radius 2 is 1.65 bits per heavy atom. The van der Waals surface area contributed by atoms with Crippen molar-refractivity contribution in [3.8, 4) is 0 Å². The highest BCUT2D eigenvalue weighted by Crippen LogP contribution is 2.19. The highest BCUT2D eigenvalue weighted by molar-refractivity contribution is 6.09. The van der Waals surface area contributed by atoms with Gasteiger partial charge in [-0.05, 0) is 30.5 Å². The van der Waals surface area contributed by atoms with Crippen LogP contribution in [0.3, 0.4) is 0 Å². The molecule has 3 N–H and O–H groups in total. The molecule has 8 nitrogen and oxygen atoms in total. The van der Waals surface area contributed by atoms with Gasteiger partial charge >= 0.3 is 6.03 Å². The summed E-state index contributed by atoms with van der Waals surface area (Å²) in [6, 6.07) is 14.7. The normalized spacial score (nSPS) is 16.8. The second-order valence-corrected chi connectivity index (χ2v) is 7.80. The van der Waals surface area contributed by atoms with E-state index in [0.29, 0.717) is 5.69 Å². The first-order valence-electron chi connectivity index (χ1n) is 10.1. The number of imide groups is 1. The van der Waals surface area contributed by atoms with Crippen LogP contribution in [0.1, 0.15) is 42.7 Å². The minimum Gasteiger partial charge on any atom is -0.345 e. The van der Waals surface area contributed by atoms with Crippen LogP contribution in [0.2, 0.25) is 0 Å². The third-order valence-corrected chi connectivity index (χ3v) is 5.12. The molecule has 2 aromatic carbocycles. The Morgan fingerprint density at radius 3 is 2.29 bits per heavy atom. The molecule has 0 radical (unpaired) electrons. The van der Waals surface area contributed by atoms with Crippen molar-refractivity contribution in [2.45, 2.75) is 32.9 Å². The van der Waals surface area contributed by atoms with Crippen LogP contribution in [0.4, 0.5) is 10.5 Å². The SMILES string of the molecule is CC(NC(=O)c1ccccc1NC(=O)CN1C(=O)NC(C(C)C)C1=O)c1ccccc1. The standard InChI is InChI=1S/C23H26N4O4/c1-14(2)20-22(30)27(23(31)26-20)13-19(28)25-18-12-8-7-11-17(18)21(29)24-15(3)16-9-5-4-6-10-16/h4-12,14-15,20H,13H2,1-3H3,(H,24,29)(H,25,28)(H,26,31). The molecule has 1 fully saturated rings. The van der Waals surface area contributed by atoms with Gasteiger partial charge in [0, 0.05) is 0 Å². The summed E-state index contributed by atoms with van der Waals surface area (Å²) < 4.78 is 0. The number of carbonyl (C=O) groups is 4. The molecule has 1 aliphatic heterocycles. The molecule has 0 spiro atoms. The van der Waals surface area contributed by atoms with Gasteiger partial charge in [-0.2, -0.15) is 0 Å². The molecule has 31 heavy (non-hydrogen) atoms. The third kappa shape index (κ3) is 5.09. The highest BCUT2D eigenvalue weighted by Gasteiger charge is 2.40. The maximum atomic E-state index is 12.8. The molecule has 3 rings (SSSR count). The number of anilines is 1. The summed E-state index contributed by atoms with van der Waals surface area (Å²) in [5.74, 6) is -1.43. The van der Waals surface area contributed by atoms with Gasteiger partial charge in [-0.3, -0.25) is 19.3 Å². The van der Waals surface area contributed by atoms with Crippen LogP contribution in [0.15, 0.2) is 54.6 Å². The van der Waals surface area contributed by atoms with Crippen molar-refractivity contribution in [3.63, 3.8) is 0 Å². The Hall–Kier alpha value is -3.68. The maximum Gasteiger partial charge on any atom is 0.325 e. The molecular weight excluding hydrogens is 396 g/mol. The van der Waals surface area contributed by atoms with Gasteiger partial charge < -0.3 is 16.0 Å². The van der Waals surface area contributed by atoms with Gasteiger partial charge in [-0.15, -0.1) is 0 Å². The van der Waals surface area contributed by atoms with E-state index in [1.54, 1.807) is 24.3 Å². The number of amides is 5. The van der Waals surface area contributed by atoms with Crippen molar-refractivity contribution < 1.29 is 19.2 Å². The van der Waals surface area contributed by atoms with Crippen molar-refractivity contribution in [1.82, 2.24) is 15.5 Å². The minimum atomic E-state index is -0.641. The minimum absolute atomic E-state index is 0.0828. The number of carbonyl (C=O) groups excluding carboxylic acids is 4. The van der Waals surface area contributed by atoms with Gasteiger partial charge in [-0.25, -0.2) is 4.79 Å². The smallest absolute Gasteiger partial charge is 0.325 e. The summed E-state index contributed by atoms with van der Waals surface area (Å²) in [6.45, 7) is 5.08. The summed E-state index contributed by atoms with van der Waals surface area (Å²) >= 11 is 0. The zero-order valence-electron chi connectivity index (χ0n) is 17.7. The number of nitrogens with zero attached hydrogens (tertiary/aromatic N) is 1. The fraction of sp³-hybridized carbons (Fsp3) is 0.304. The van der Waals surface area contributed by atoms with E-state index in [2.05, 4.69) is 16.0 Å². The first kappa shape index (κ1) is 22.0. The zero-order valence-corrected chi connectivity index (χ0v) is 17.7. The lowest BCUT2D eigenvalue weighted by Crippen LogP contribution is -2.39. The molecule has 1 heterocycles. The number of para-hydroxylation sites is 1. The average Bonchev–Trinajstić information content (AvgIpc) is 3.03. The molecular formula is C23H26N4O4. The average molecular weight is 422 g/mol. The molecule has 0 saturated carbocycles. The predicted octanol–water partition coefficient (Wildman–Crippen LogP) is 2.69. The van der Waals surface area contributed by atoms with Crippen molar-refractivity contribution >= 4 is 29.4 Å². The van der Waals surface area contributed by atoms with E-state index in [0.717, 1.165) is 10.5 Å². The van der Waals surface area contributed by atoms with Crippen molar-refractivity contribution in [2.24, 2.45) is 5.92 Å². The molecule has 2 unspecified atom stereocenters. The molecule has 0 aromatic heterocycles. The molecule has 0 bridgehead atoms. The topological polar surface area (TPSA) is 108 Å². The molecule has 0 aliphatic carbocycles. The quantitative estimate of drug-likeness (QED) is 0.596. The van der Waals surface area contributed by atoms with Crippen LogP contribution in [0.25, 0.3) is 0 Å². The molecule has 1 aliphatic rings. The fourth-order valence-electron chi connectivity index (χ4n) is 3.37. The summed E-state index contributed by atoms with van der Waals surface area (Å²) in [7, 11) is 0. The van der Waals surface area contributed by atoms with E-state index in [-0.39, 0.29) is 23.4 Å². The highest BCUT2D eigenvalue weighted by atomic mass is 16.2. The lowest BCUT2D eigenvalue weighted by Gasteiger charge is -2.17. The zero-order chi connectivity index (χ0) is 22.5. The van der Waals surface area contributed by atoms with Crippen LogP contribution < -0.4 is 16.0 Å². The van der Waals surface area contributed by atoms with Crippen molar-refractivity contribution in [2.75, 3.05) is 11.9 Å². The Kier molecular flexibility index (Phi) is 6.69. The van der Waals surface area contributed by atoms with Crippen LogP contribution in [-0.2, 0) is 9.59 Å². The molecule has 1 saturated heterocycles. The first-order valence-corrected chi connectivity index (χ1v) is 10.1. The number of hydrogen-bond donors (Lipinski definition) is 3. The van der Waals surface area contributed by atoms with Gasteiger partial charge in [0.05, 0.1) is 17.3 Å². The number of nitrogens with one attached hydrogen (secondary N) is 3. The van der Waals surface area contributed by atoms with Gasteiger partial charge in [0.1, 0.15) is 12.6 Å². The monoisotopic (exact) mass is 422 g/mol. The van der Waals surface area contributed by atoms with Gasteiger partial charge in [0.2, 0.25) is 5.91 Å². The van der Waals surface area contributed by atoms with Crippen LogP contribution >= 0.6 is 0 Å². The molecule has 162 valence electrons. The third-order valence-electron chi connectivity index (χ3n) is 5.12. The summed E-state index contributed by atoms with van der Waals surface area (Å²) in [5, 5.41) is 8.14. The van der Waals surface area contributed by atoms with E-state index in [4.69, 9.17) is 0 Å². The van der Waals surface area contributed by atoms with Gasteiger partial charge in [0.25, 0.3) is 11.8 Å². The number of hydrogen-bond acceptors (Lipinski definition) is 4. The van der Waals surface area contributed by atoms with Crippen molar-refractivity contribution in [1.29, 1.82) is 0 Å². The van der Waals surface area contributed by atoms with E-state index in [1.165, 1.54) is 0 Å². The Bertz CT molecular complexity index is 990. The summed E-state index contributed by atoms with van der Waals surface area (Å²) in [4.78, 5) is 50.7. The second-order valence-electron chi connectivity index (χ2n) is 7.80. The first-order chi connectivity index (χ1) is 14.8. The van der Waals surface area contributed by atoms with E-state index in [1.807, 2.05) is 51.1 Å². The number of benzene rings is 2. The summed E-state index contributed by atoms with van der Waals surface area (Å²) in [5.41, 5.74) is 1.55. The van der Waals surface area contributed by atoms with Crippen LogP contribution in [0, 0.1) is 5.92 Å². The largest absolute Gasteiger partial charge is 0.345 e. The predicted molar refractivity (Wildman–Crippen MR) is 116 cm³/mol. The number of urea groups is 1. The molecule has 5 amide bonds. The van der Waals surface area contributed by atoms with E-state index in [9.17, 15) is 19.2 Å². The number of rotatable bonds is 7. The van der Waals surface area contributed by atoms with Crippen molar-refractivity contribution in [3.05, 3.63) is 65.7 Å². The second kappa shape index (κ2) is 9.42. The Morgan fingerprint density at radius 1 is 1.00 bits per heavy atom. The molecule has 2 atom stereocenters. The molecule has 2 aromatic rings. The summed E-state index contributed by atoms with van der Waals surface area (Å²) in [6.07, 6.45) is 0. The van der Waals surface area contributed by atoms with Crippen LogP contribution in [0.5, 0.6) is 0 Å². The Labute approximate surface area is 181 Å². The van der Waals surface area contributed by atoms with E-state index >= 15 is 0 Å². The maximum absolute atomic E-state index is 12.8. The van der Waals surface area contributed by atoms with Crippen LogP contribution in [-0.4, -0.2) is 41.2 Å². The van der Waals surface area contributed by atoms with E-state index < -0.39 is 30.4 Å². The Balaban J connectivity index is 1.68. The van der Waals surface area contributed by atoms with Gasteiger partial charge in [0.15, 0.2) is 0 Å².